The standard InChI is InChI=1S/C21H17NO4S2/c23-27(24,18-9-3-1-4-10-18)16-17-15-22(21-14-8-7-13-20(17)21)28(25,26)19-11-5-2-6-12-19/h1-15H,16H2. The molecule has 1 aromatic heterocycles. The molecule has 4 aromatic rings. The molecule has 142 valence electrons. The summed E-state index contributed by atoms with van der Waals surface area (Å²) in [5.74, 6) is -0.283. The molecule has 5 nitrogen and oxygen atoms in total. The van der Waals surface area contributed by atoms with Crippen molar-refractivity contribution in [1.29, 1.82) is 0 Å². The molecule has 0 aliphatic rings. The maximum atomic E-state index is 13.1. The molecule has 0 saturated carbocycles. The number of hydrogen-bond acceptors (Lipinski definition) is 4. The predicted octanol–water partition coefficient (Wildman–Crippen LogP) is 3.85. The third kappa shape index (κ3) is 3.23. The van der Waals surface area contributed by atoms with Gasteiger partial charge in [0.1, 0.15) is 0 Å². The Kier molecular flexibility index (Phi) is 4.56. The van der Waals surface area contributed by atoms with Crippen LogP contribution in [0.25, 0.3) is 10.9 Å². The SMILES string of the molecule is O=S(=O)(Cc1cn(S(=O)(=O)c2ccccc2)c2ccccc12)c1ccccc1. The molecule has 28 heavy (non-hydrogen) atoms. The first kappa shape index (κ1) is 18.5. The van der Waals surface area contributed by atoms with E-state index in [1.165, 1.54) is 30.5 Å². The number of aromatic nitrogens is 1. The van der Waals surface area contributed by atoms with Crippen molar-refractivity contribution in [2.24, 2.45) is 0 Å². The Morgan fingerprint density at radius 1 is 0.643 bits per heavy atom. The van der Waals surface area contributed by atoms with Crippen molar-refractivity contribution in [2.45, 2.75) is 15.5 Å². The normalized spacial score (nSPS) is 12.3. The smallest absolute Gasteiger partial charge is 0.241 e. The highest BCUT2D eigenvalue weighted by atomic mass is 32.2. The molecule has 0 fully saturated rings. The maximum absolute atomic E-state index is 13.1. The minimum absolute atomic E-state index is 0.146. The molecule has 7 heteroatoms. The molecule has 4 rings (SSSR count). The van der Waals surface area contributed by atoms with Gasteiger partial charge in [0.2, 0.25) is 0 Å². The second-order valence-corrected chi connectivity index (χ2v) is 10.2. The molecule has 0 atom stereocenters. The lowest BCUT2D eigenvalue weighted by Gasteiger charge is -2.07. The monoisotopic (exact) mass is 411 g/mol. The van der Waals surface area contributed by atoms with Crippen molar-refractivity contribution < 1.29 is 16.8 Å². The van der Waals surface area contributed by atoms with E-state index in [0.29, 0.717) is 16.5 Å². The highest BCUT2D eigenvalue weighted by Gasteiger charge is 2.24. The van der Waals surface area contributed by atoms with Crippen molar-refractivity contribution in [2.75, 3.05) is 0 Å². The summed E-state index contributed by atoms with van der Waals surface area (Å²) >= 11 is 0. The second-order valence-electron chi connectivity index (χ2n) is 6.36. The van der Waals surface area contributed by atoms with Crippen LogP contribution in [0, 0.1) is 0 Å². The Morgan fingerprint density at radius 3 is 1.82 bits per heavy atom. The van der Waals surface area contributed by atoms with E-state index in [4.69, 9.17) is 0 Å². The van der Waals surface area contributed by atoms with Gasteiger partial charge >= 0.3 is 0 Å². The maximum Gasteiger partial charge on any atom is 0.268 e. The Hall–Kier alpha value is -2.90. The third-order valence-corrected chi connectivity index (χ3v) is 7.88. The van der Waals surface area contributed by atoms with E-state index in [1.807, 2.05) is 0 Å². The van der Waals surface area contributed by atoms with E-state index in [-0.39, 0.29) is 15.5 Å². The van der Waals surface area contributed by atoms with Crippen molar-refractivity contribution >= 4 is 30.8 Å². The number of para-hydroxylation sites is 1. The van der Waals surface area contributed by atoms with Gasteiger partial charge in [-0.1, -0.05) is 54.6 Å². The molecule has 0 aliphatic heterocycles. The van der Waals surface area contributed by atoms with Crippen LogP contribution in [-0.2, 0) is 25.6 Å². The van der Waals surface area contributed by atoms with Gasteiger partial charge in [-0.3, -0.25) is 0 Å². The van der Waals surface area contributed by atoms with Gasteiger partial charge in [0, 0.05) is 11.6 Å². The number of rotatable bonds is 5. The van der Waals surface area contributed by atoms with E-state index in [1.54, 1.807) is 60.7 Å². The van der Waals surface area contributed by atoms with Gasteiger partial charge < -0.3 is 0 Å². The first-order valence-electron chi connectivity index (χ1n) is 8.57. The van der Waals surface area contributed by atoms with Crippen molar-refractivity contribution in [1.82, 2.24) is 3.97 Å². The molecular formula is C21H17NO4S2. The minimum atomic E-state index is -3.84. The van der Waals surface area contributed by atoms with Crippen molar-refractivity contribution in [3.8, 4) is 0 Å². The zero-order chi connectivity index (χ0) is 19.8. The van der Waals surface area contributed by atoms with Gasteiger partial charge in [0.15, 0.2) is 9.84 Å². The number of nitrogens with zero attached hydrogens (tertiary/aromatic N) is 1. The molecule has 0 spiro atoms. The van der Waals surface area contributed by atoms with E-state index in [0.717, 1.165) is 3.97 Å². The molecule has 0 radical (unpaired) electrons. The number of fused-ring (bicyclic) bond motifs is 1. The zero-order valence-electron chi connectivity index (χ0n) is 14.8. The Morgan fingerprint density at radius 2 is 1.18 bits per heavy atom. The second kappa shape index (κ2) is 6.92. The molecule has 1 heterocycles. The van der Waals surface area contributed by atoms with E-state index in [9.17, 15) is 16.8 Å². The van der Waals surface area contributed by atoms with Crippen molar-refractivity contribution in [3.63, 3.8) is 0 Å². The average Bonchev–Trinajstić information content (AvgIpc) is 3.08. The topological polar surface area (TPSA) is 73.2 Å². The van der Waals surface area contributed by atoms with E-state index < -0.39 is 19.9 Å². The number of hydrogen-bond donors (Lipinski definition) is 0. The van der Waals surface area contributed by atoms with Crippen LogP contribution in [0.3, 0.4) is 0 Å². The molecular weight excluding hydrogens is 394 g/mol. The van der Waals surface area contributed by atoms with Crippen LogP contribution in [-0.4, -0.2) is 20.8 Å². The lowest BCUT2D eigenvalue weighted by atomic mass is 10.2. The van der Waals surface area contributed by atoms with Gasteiger partial charge in [-0.2, -0.15) is 0 Å². The van der Waals surface area contributed by atoms with Crippen LogP contribution < -0.4 is 0 Å². The average molecular weight is 412 g/mol. The van der Waals surface area contributed by atoms with Crippen LogP contribution in [0.4, 0.5) is 0 Å². The molecule has 3 aromatic carbocycles. The summed E-state index contributed by atoms with van der Waals surface area (Å²) in [5, 5.41) is 0.599. The molecule has 0 amide bonds. The largest absolute Gasteiger partial charge is 0.268 e. The molecule has 0 unspecified atom stereocenters. The highest BCUT2D eigenvalue weighted by Crippen LogP contribution is 2.28. The zero-order valence-corrected chi connectivity index (χ0v) is 16.4. The molecule has 0 bridgehead atoms. The quantitative estimate of drug-likeness (QED) is 0.500. The van der Waals surface area contributed by atoms with Crippen LogP contribution in [0.5, 0.6) is 0 Å². The summed E-state index contributed by atoms with van der Waals surface area (Å²) < 4.78 is 53.0. The van der Waals surface area contributed by atoms with Crippen LogP contribution >= 0.6 is 0 Å². The van der Waals surface area contributed by atoms with E-state index in [2.05, 4.69) is 0 Å². The van der Waals surface area contributed by atoms with Gasteiger partial charge in [0.25, 0.3) is 10.0 Å². The molecule has 0 saturated heterocycles. The lowest BCUT2D eigenvalue weighted by molar-refractivity contribution is 0.587. The summed E-state index contributed by atoms with van der Waals surface area (Å²) in [6.45, 7) is 0. The summed E-state index contributed by atoms with van der Waals surface area (Å²) in [7, 11) is -7.45. The predicted molar refractivity (Wildman–Crippen MR) is 108 cm³/mol. The Labute approximate surface area is 163 Å². The third-order valence-electron chi connectivity index (χ3n) is 4.51. The highest BCUT2D eigenvalue weighted by molar-refractivity contribution is 7.91. The van der Waals surface area contributed by atoms with Gasteiger partial charge in [0.05, 0.1) is 21.1 Å². The minimum Gasteiger partial charge on any atom is -0.241 e. The lowest BCUT2D eigenvalue weighted by Crippen LogP contribution is -2.11. The molecule has 0 aliphatic carbocycles. The first-order chi connectivity index (χ1) is 13.4. The fourth-order valence-corrected chi connectivity index (χ4v) is 5.94. The number of sulfone groups is 1. The Bertz CT molecular complexity index is 1340. The summed E-state index contributed by atoms with van der Waals surface area (Å²) in [6.07, 6.45) is 1.41. The summed E-state index contributed by atoms with van der Waals surface area (Å²) in [4.78, 5) is 0.353. The summed E-state index contributed by atoms with van der Waals surface area (Å²) in [6, 6.07) is 23.1. The van der Waals surface area contributed by atoms with Crippen molar-refractivity contribution in [3.05, 3.63) is 96.7 Å². The van der Waals surface area contributed by atoms with Gasteiger partial charge in [-0.15, -0.1) is 0 Å². The van der Waals surface area contributed by atoms with E-state index >= 15 is 0 Å². The van der Waals surface area contributed by atoms with Crippen LogP contribution in [0.1, 0.15) is 5.56 Å². The fraction of sp³-hybridized carbons (Fsp3) is 0.0476. The van der Waals surface area contributed by atoms with Crippen LogP contribution in [0.15, 0.2) is 101 Å². The van der Waals surface area contributed by atoms with Gasteiger partial charge in [-0.25, -0.2) is 20.8 Å². The Balaban J connectivity index is 1.87. The molecule has 0 N–H and O–H groups in total. The van der Waals surface area contributed by atoms with Crippen LogP contribution in [0.2, 0.25) is 0 Å². The first-order valence-corrected chi connectivity index (χ1v) is 11.7. The summed E-state index contributed by atoms with van der Waals surface area (Å²) in [5.41, 5.74) is 0.892. The van der Waals surface area contributed by atoms with Gasteiger partial charge in [-0.05, 0) is 35.9 Å². The fourth-order valence-electron chi connectivity index (χ4n) is 3.15. The number of benzene rings is 3.